The van der Waals surface area contributed by atoms with Gasteiger partial charge in [0.25, 0.3) is 0 Å². The first kappa shape index (κ1) is 14.6. The van der Waals surface area contributed by atoms with Gasteiger partial charge in [-0.05, 0) is 47.7 Å². The van der Waals surface area contributed by atoms with Crippen LogP contribution in [0, 0.1) is 0 Å². The van der Waals surface area contributed by atoms with E-state index in [1.165, 1.54) is 0 Å². The largest absolute Gasteiger partial charge is 0.358 e. The predicted octanol–water partition coefficient (Wildman–Crippen LogP) is 4.73. The van der Waals surface area contributed by atoms with Crippen LogP contribution >= 0.6 is 22.6 Å². The molecule has 102 valence electrons. The summed E-state index contributed by atoms with van der Waals surface area (Å²) in [5.74, 6) is 0. The molecule has 0 saturated heterocycles. The van der Waals surface area contributed by atoms with E-state index in [2.05, 4.69) is 44.7 Å². The molecule has 2 rings (SSSR count). The van der Waals surface area contributed by atoms with E-state index in [9.17, 15) is 0 Å². The Morgan fingerprint density at radius 2 is 2.05 bits per heavy atom. The molecule has 0 atom stereocenters. The fourth-order valence-corrected chi connectivity index (χ4v) is 2.07. The molecule has 0 aliphatic heterocycles. The van der Waals surface area contributed by atoms with Crippen LogP contribution in [0.15, 0.2) is 71.3 Å². The van der Waals surface area contributed by atoms with E-state index in [0.717, 1.165) is 27.3 Å². The van der Waals surface area contributed by atoms with Crippen LogP contribution in [0.2, 0.25) is 0 Å². The number of aromatic nitrogens is 1. The number of anilines is 1. The van der Waals surface area contributed by atoms with Gasteiger partial charge in [-0.1, -0.05) is 18.7 Å². The van der Waals surface area contributed by atoms with E-state index in [0.29, 0.717) is 0 Å². The Kier molecular flexibility index (Phi) is 5.23. The lowest BCUT2D eigenvalue weighted by atomic mass is 10.2. The van der Waals surface area contributed by atoms with Gasteiger partial charge in [-0.25, -0.2) is 0 Å². The van der Waals surface area contributed by atoms with Crippen LogP contribution in [-0.4, -0.2) is 0 Å². The predicted molar refractivity (Wildman–Crippen MR) is 89.7 cm³/mol. The first-order chi connectivity index (χ1) is 9.69. The molecule has 2 aromatic rings. The minimum Gasteiger partial charge on any atom is -0.358 e. The van der Waals surface area contributed by atoms with Gasteiger partial charge in [0, 0.05) is 11.8 Å². The van der Waals surface area contributed by atoms with Gasteiger partial charge < -0.3 is 5.32 Å². The van der Waals surface area contributed by atoms with Crippen LogP contribution in [-0.2, 0) is 4.55 Å². The summed E-state index contributed by atoms with van der Waals surface area (Å²) in [5, 5.41) is 11.8. The Labute approximate surface area is 132 Å². The Balaban J connectivity index is 2.24. The second-order valence-corrected chi connectivity index (χ2v) is 5.00. The number of para-hydroxylation sites is 1. The first-order valence-corrected chi connectivity index (χ1v) is 7.70. The van der Waals surface area contributed by atoms with Crippen LogP contribution in [0.3, 0.4) is 0 Å². The maximum atomic E-state index is 4.31. The average Bonchev–Trinajstić information content (AvgIpc) is 2.46. The quantitative estimate of drug-likeness (QED) is 0.347. The van der Waals surface area contributed by atoms with E-state index in [1.54, 1.807) is 0 Å². The van der Waals surface area contributed by atoms with Gasteiger partial charge in [0.1, 0.15) is 11.4 Å². The van der Waals surface area contributed by atoms with Crippen molar-refractivity contribution in [2.75, 3.05) is 5.32 Å². The lowest BCUT2D eigenvalue weighted by Gasteiger charge is -2.06. The van der Waals surface area contributed by atoms with Crippen molar-refractivity contribution < 1.29 is 4.57 Å². The third-order valence-corrected chi connectivity index (χ3v) is 3.29. The summed E-state index contributed by atoms with van der Waals surface area (Å²) >= 11 is 2.30. The second-order valence-electron chi connectivity index (χ2n) is 4.32. The summed E-state index contributed by atoms with van der Waals surface area (Å²) in [6, 6.07) is 11.7. The molecule has 0 spiro atoms. The Bertz CT molecular complexity index is 637. The van der Waals surface area contributed by atoms with E-state index in [1.807, 2.05) is 60.3 Å². The fourth-order valence-electron chi connectivity index (χ4n) is 1.65. The zero-order valence-electron chi connectivity index (χ0n) is 11.3. The van der Waals surface area contributed by atoms with Gasteiger partial charge in [-0.15, -0.1) is 10.2 Å². The standard InChI is InChI=1S/C15H16IN4/c1-12(2)17-14-7-3-4-8-15(14)19-18-13-6-5-9-20(10-13)11-16/h3-10,17H,1,11H2,2H3/q+1. The fraction of sp³-hybridized carbons (Fsp3) is 0.133. The molecule has 1 aromatic heterocycles. The molecule has 0 fully saturated rings. The minimum absolute atomic E-state index is 0.792. The Morgan fingerprint density at radius 1 is 1.25 bits per heavy atom. The van der Waals surface area contributed by atoms with E-state index in [4.69, 9.17) is 0 Å². The maximum absolute atomic E-state index is 4.31. The number of halogens is 1. The molecular formula is C15H16IN4+. The molecule has 0 radical (unpaired) electrons. The zero-order chi connectivity index (χ0) is 14.4. The number of allylic oxidation sites excluding steroid dienone is 1. The highest BCUT2D eigenvalue weighted by Crippen LogP contribution is 2.27. The van der Waals surface area contributed by atoms with Gasteiger partial charge >= 0.3 is 0 Å². The molecular weight excluding hydrogens is 363 g/mol. The number of rotatable bonds is 5. The van der Waals surface area contributed by atoms with E-state index >= 15 is 0 Å². The minimum atomic E-state index is 0.792. The number of azo groups is 1. The SMILES string of the molecule is C=C(C)Nc1ccccc1N=Nc1ccc[n+](CI)c1. The first-order valence-electron chi connectivity index (χ1n) is 6.17. The lowest BCUT2D eigenvalue weighted by molar-refractivity contribution is -0.670. The van der Waals surface area contributed by atoms with Crippen molar-refractivity contribution in [1.29, 1.82) is 0 Å². The number of hydrogen-bond acceptors (Lipinski definition) is 3. The molecule has 0 aliphatic rings. The van der Waals surface area contributed by atoms with Crippen LogP contribution in [0.1, 0.15) is 6.92 Å². The van der Waals surface area contributed by atoms with Crippen LogP contribution in [0.5, 0.6) is 0 Å². The number of hydrogen-bond donors (Lipinski definition) is 1. The number of nitrogens with zero attached hydrogens (tertiary/aromatic N) is 3. The highest BCUT2D eigenvalue weighted by Gasteiger charge is 2.02. The van der Waals surface area contributed by atoms with Crippen molar-refractivity contribution in [3.05, 3.63) is 61.1 Å². The van der Waals surface area contributed by atoms with Gasteiger partial charge in [0.2, 0.25) is 0 Å². The number of benzene rings is 1. The van der Waals surface area contributed by atoms with E-state index < -0.39 is 0 Å². The molecule has 0 saturated carbocycles. The molecule has 5 heteroatoms. The highest BCUT2D eigenvalue weighted by molar-refractivity contribution is 14.1. The van der Waals surface area contributed by atoms with Crippen molar-refractivity contribution in [2.45, 2.75) is 11.5 Å². The third-order valence-electron chi connectivity index (χ3n) is 2.51. The van der Waals surface area contributed by atoms with Gasteiger partial charge in [-0.2, -0.15) is 4.57 Å². The van der Waals surface area contributed by atoms with E-state index in [-0.39, 0.29) is 0 Å². The number of nitrogens with one attached hydrogen (secondary N) is 1. The smallest absolute Gasteiger partial charge is 0.197 e. The molecule has 0 bridgehead atoms. The van der Waals surface area contributed by atoms with Gasteiger partial charge in [0.05, 0.1) is 5.69 Å². The van der Waals surface area contributed by atoms with Gasteiger partial charge in [0.15, 0.2) is 16.9 Å². The summed E-state index contributed by atoms with van der Waals surface area (Å²) < 4.78 is 2.93. The molecule has 0 unspecified atom stereocenters. The monoisotopic (exact) mass is 379 g/mol. The van der Waals surface area contributed by atoms with Crippen LogP contribution in [0.4, 0.5) is 17.1 Å². The molecule has 4 nitrogen and oxygen atoms in total. The molecule has 0 aliphatic carbocycles. The second kappa shape index (κ2) is 7.14. The van der Waals surface area contributed by atoms with Crippen molar-refractivity contribution in [3.63, 3.8) is 0 Å². The Hall–Kier alpha value is -1.76. The van der Waals surface area contributed by atoms with Crippen molar-refractivity contribution in [1.82, 2.24) is 0 Å². The Morgan fingerprint density at radius 3 is 2.80 bits per heavy atom. The zero-order valence-corrected chi connectivity index (χ0v) is 13.4. The summed E-state index contributed by atoms with van der Waals surface area (Å²) in [7, 11) is 0. The summed E-state index contributed by atoms with van der Waals surface area (Å²) in [6.07, 6.45) is 3.97. The van der Waals surface area contributed by atoms with Crippen molar-refractivity contribution in [2.24, 2.45) is 10.2 Å². The lowest BCUT2D eigenvalue weighted by Crippen LogP contribution is -2.28. The molecule has 1 heterocycles. The molecule has 0 amide bonds. The summed E-state index contributed by atoms with van der Waals surface area (Å²) in [5.41, 5.74) is 3.39. The molecule has 1 N–H and O–H groups in total. The van der Waals surface area contributed by atoms with Crippen molar-refractivity contribution >= 4 is 39.7 Å². The van der Waals surface area contributed by atoms with Crippen LogP contribution in [0.25, 0.3) is 0 Å². The maximum Gasteiger partial charge on any atom is 0.197 e. The topological polar surface area (TPSA) is 40.6 Å². The average molecular weight is 379 g/mol. The van der Waals surface area contributed by atoms with Crippen molar-refractivity contribution in [3.8, 4) is 0 Å². The number of pyridine rings is 1. The molecule has 1 aromatic carbocycles. The summed E-state index contributed by atoms with van der Waals surface area (Å²) in [4.78, 5) is 0. The highest BCUT2D eigenvalue weighted by atomic mass is 127. The summed E-state index contributed by atoms with van der Waals surface area (Å²) in [6.45, 7) is 5.76. The van der Waals surface area contributed by atoms with Crippen LogP contribution < -0.4 is 9.88 Å². The number of alkyl halides is 1. The molecule has 20 heavy (non-hydrogen) atoms. The third kappa shape index (κ3) is 4.12. The normalized spacial score (nSPS) is 10.7. The van der Waals surface area contributed by atoms with Gasteiger partial charge in [-0.3, -0.25) is 0 Å².